The molecule has 0 saturated heterocycles. The average Bonchev–Trinajstić information content (AvgIpc) is 2.77. The van der Waals surface area contributed by atoms with Crippen LogP contribution in [0.3, 0.4) is 0 Å². The summed E-state index contributed by atoms with van der Waals surface area (Å²) in [6.07, 6.45) is 0.957. The second kappa shape index (κ2) is 4.74. The number of hydrogen-bond acceptors (Lipinski definition) is 2. The molecule has 0 spiro atoms. The molecule has 98 valence electrons. The number of hydrogen-bond donors (Lipinski definition) is 1. The van der Waals surface area contributed by atoms with Crippen LogP contribution in [0.4, 0.5) is 15.8 Å². The van der Waals surface area contributed by atoms with Crippen LogP contribution in [0, 0.1) is 5.82 Å². The summed E-state index contributed by atoms with van der Waals surface area (Å²) < 4.78 is 13.3. The zero-order chi connectivity index (χ0) is 13.4. The smallest absolute Gasteiger partial charge is 0.125 e. The Bertz CT molecular complexity index is 628. The molecule has 0 amide bonds. The van der Waals surface area contributed by atoms with Crippen molar-refractivity contribution in [1.82, 2.24) is 0 Å². The quantitative estimate of drug-likeness (QED) is 0.849. The number of fused-ring (bicyclic) bond motifs is 1. The van der Waals surface area contributed by atoms with Crippen LogP contribution in [0.5, 0.6) is 0 Å². The zero-order valence-corrected chi connectivity index (χ0v) is 11.1. The Kier molecular flexibility index (Phi) is 3.07. The summed E-state index contributed by atoms with van der Waals surface area (Å²) in [6.45, 7) is 1.62. The van der Waals surface area contributed by atoms with Crippen molar-refractivity contribution in [3.63, 3.8) is 0 Å². The summed E-state index contributed by atoms with van der Waals surface area (Å²) in [4.78, 5) is 2.17. The van der Waals surface area contributed by atoms with Crippen LogP contribution in [-0.4, -0.2) is 6.54 Å². The fraction of sp³-hybridized carbons (Fsp3) is 0.200. The second-order valence-corrected chi connectivity index (χ2v) is 5.21. The normalized spacial score (nSPS) is 13.7. The van der Waals surface area contributed by atoms with Crippen molar-refractivity contribution >= 4 is 23.0 Å². The molecule has 1 heterocycles. The van der Waals surface area contributed by atoms with Crippen LogP contribution in [0.25, 0.3) is 0 Å². The van der Waals surface area contributed by atoms with E-state index in [0.29, 0.717) is 10.7 Å². The maximum absolute atomic E-state index is 13.3. The summed E-state index contributed by atoms with van der Waals surface area (Å²) in [6, 6.07) is 10.6. The second-order valence-electron chi connectivity index (χ2n) is 4.80. The number of nitrogens with two attached hydrogens (primary N) is 1. The predicted octanol–water partition coefficient (Wildman–Crippen LogP) is 3.62. The third-order valence-electron chi connectivity index (χ3n) is 3.48. The maximum atomic E-state index is 13.3. The minimum Gasteiger partial charge on any atom is -0.398 e. The van der Waals surface area contributed by atoms with Gasteiger partial charge >= 0.3 is 0 Å². The number of rotatable bonds is 2. The third kappa shape index (κ3) is 2.38. The van der Waals surface area contributed by atoms with Gasteiger partial charge in [0.2, 0.25) is 0 Å². The Morgan fingerprint density at radius 1 is 1.21 bits per heavy atom. The third-order valence-corrected chi connectivity index (χ3v) is 3.80. The first-order valence-electron chi connectivity index (χ1n) is 6.21. The highest BCUT2D eigenvalue weighted by Gasteiger charge is 2.19. The first-order valence-corrected chi connectivity index (χ1v) is 6.58. The molecule has 2 N–H and O–H groups in total. The molecule has 0 radical (unpaired) electrons. The molecule has 2 aromatic carbocycles. The number of halogens is 2. The van der Waals surface area contributed by atoms with E-state index < -0.39 is 0 Å². The van der Waals surface area contributed by atoms with E-state index in [1.807, 2.05) is 18.2 Å². The molecular formula is C15H14ClFN2. The summed E-state index contributed by atoms with van der Waals surface area (Å²) in [7, 11) is 0. The lowest BCUT2D eigenvalue weighted by atomic mass is 10.1. The highest BCUT2D eigenvalue weighted by Crippen LogP contribution is 2.30. The van der Waals surface area contributed by atoms with Gasteiger partial charge in [0.25, 0.3) is 0 Å². The lowest BCUT2D eigenvalue weighted by Crippen LogP contribution is -2.19. The maximum Gasteiger partial charge on any atom is 0.125 e. The molecule has 0 fully saturated rings. The summed E-state index contributed by atoms with van der Waals surface area (Å²) in [5, 5.41) is 0.566. The molecule has 0 bridgehead atoms. The van der Waals surface area contributed by atoms with Crippen LogP contribution in [0.1, 0.15) is 11.1 Å². The summed E-state index contributed by atoms with van der Waals surface area (Å²) in [5.74, 6) is -0.194. The molecule has 0 aromatic heterocycles. The molecule has 3 rings (SSSR count). The van der Waals surface area contributed by atoms with Crippen molar-refractivity contribution < 1.29 is 4.39 Å². The van der Waals surface area contributed by atoms with Gasteiger partial charge < -0.3 is 10.6 Å². The predicted molar refractivity (Wildman–Crippen MR) is 77.0 cm³/mol. The van der Waals surface area contributed by atoms with Gasteiger partial charge in [-0.15, -0.1) is 0 Å². The van der Waals surface area contributed by atoms with Gasteiger partial charge in [0, 0.05) is 18.8 Å². The standard InChI is InChI=1S/C15H14ClFN2/c16-13-7-10(1-4-14(13)18)9-19-6-5-11-2-3-12(17)8-15(11)19/h1-4,7-8H,5-6,9,18H2. The van der Waals surface area contributed by atoms with Gasteiger partial charge in [-0.3, -0.25) is 0 Å². The highest BCUT2D eigenvalue weighted by molar-refractivity contribution is 6.33. The molecule has 4 heteroatoms. The van der Waals surface area contributed by atoms with E-state index in [9.17, 15) is 4.39 Å². The van der Waals surface area contributed by atoms with Gasteiger partial charge in [-0.05, 0) is 41.8 Å². The molecule has 0 aliphatic carbocycles. The molecule has 0 unspecified atom stereocenters. The topological polar surface area (TPSA) is 29.3 Å². The Hall–Kier alpha value is -1.74. The lowest BCUT2D eigenvalue weighted by molar-refractivity contribution is 0.627. The number of nitrogens with zero attached hydrogens (tertiary/aromatic N) is 1. The molecule has 0 saturated carbocycles. The molecule has 19 heavy (non-hydrogen) atoms. The van der Waals surface area contributed by atoms with Gasteiger partial charge in [-0.25, -0.2) is 4.39 Å². The number of benzene rings is 2. The van der Waals surface area contributed by atoms with E-state index in [0.717, 1.165) is 30.8 Å². The van der Waals surface area contributed by atoms with E-state index >= 15 is 0 Å². The minimum atomic E-state index is -0.194. The molecule has 0 atom stereocenters. The summed E-state index contributed by atoms with van der Waals surface area (Å²) in [5.41, 5.74) is 9.54. The monoisotopic (exact) mass is 276 g/mol. The van der Waals surface area contributed by atoms with Crippen molar-refractivity contribution in [3.8, 4) is 0 Å². The van der Waals surface area contributed by atoms with Crippen LogP contribution in [0.2, 0.25) is 5.02 Å². The molecule has 1 aliphatic rings. The van der Waals surface area contributed by atoms with Crippen LogP contribution < -0.4 is 10.6 Å². The molecule has 2 aromatic rings. The van der Waals surface area contributed by atoms with Crippen molar-refractivity contribution in [2.45, 2.75) is 13.0 Å². The summed E-state index contributed by atoms with van der Waals surface area (Å²) >= 11 is 6.02. The van der Waals surface area contributed by atoms with Gasteiger partial charge in [-0.1, -0.05) is 23.7 Å². The Morgan fingerprint density at radius 2 is 2.05 bits per heavy atom. The van der Waals surface area contributed by atoms with E-state index in [1.165, 1.54) is 11.6 Å². The highest BCUT2D eigenvalue weighted by atomic mass is 35.5. The van der Waals surface area contributed by atoms with Crippen molar-refractivity contribution in [2.75, 3.05) is 17.2 Å². The Balaban J connectivity index is 1.86. The number of nitrogen functional groups attached to an aromatic ring is 1. The van der Waals surface area contributed by atoms with E-state index in [4.69, 9.17) is 17.3 Å². The Labute approximate surface area is 116 Å². The fourth-order valence-corrected chi connectivity index (χ4v) is 2.68. The van der Waals surface area contributed by atoms with Gasteiger partial charge in [0.05, 0.1) is 10.7 Å². The largest absolute Gasteiger partial charge is 0.398 e. The first-order chi connectivity index (χ1) is 9.13. The molecular weight excluding hydrogens is 263 g/mol. The zero-order valence-electron chi connectivity index (χ0n) is 10.4. The van der Waals surface area contributed by atoms with Crippen molar-refractivity contribution in [3.05, 3.63) is 58.4 Å². The minimum absolute atomic E-state index is 0.194. The van der Waals surface area contributed by atoms with Crippen molar-refractivity contribution in [2.24, 2.45) is 0 Å². The van der Waals surface area contributed by atoms with E-state index in [1.54, 1.807) is 12.1 Å². The lowest BCUT2D eigenvalue weighted by Gasteiger charge is -2.19. The molecule has 1 aliphatic heterocycles. The van der Waals surface area contributed by atoms with Crippen LogP contribution >= 0.6 is 11.6 Å². The SMILES string of the molecule is Nc1ccc(CN2CCc3ccc(F)cc32)cc1Cl. The molecule has 2 nitrogen and oxygen atoms in total. The Morgan fingerprint density at radius 3 is 2.84 bits per heavy atom. The van der Waals surface area contributed by atoms with Crippen molar-refractivity contribution in [1.29, 1.82) is 0 Å². The number of anilines is 2. The van der Waals surface area contributed by atoms with E-state index in [2.05, 4.69) is 4.90 Å². The van der Waals surface area contributed by atoms with Gasteiger partial charge in [-0.2, -0.15) is 0 Å². The van der Waals surface area contributed by atoms with Crippen LogP contribution in [0.15, 0.2) is 36.4 Å². The van der Waals surface area contributed by atoms with Gasteiger partial charge in [0.15, 0.2) is 0 Å². The van der Waals surface area contributed by atoms with E-state index in [-0.39, 0.29) is 5.82 Å². The fourth-order valence-electron chi connectivity index (χ4n) is 2.47. The first kappa shape index (κ1) is 12.3. The van der Waals surface area contributed by atoms with Gasteiger partial charge in [0.1, 0.15) is 5.82 Å². The van der Waals surface area contributed by atoms with Crippen LogP contribution in [-0.2, 0) is 13.0 Å². The average molecular weight is 277 g/mol.